The highest BCUT2D eigenvalue weighted by molar-refractivity contribution is 6.32. The highest BCUT2D eigenvalue weighted by Crippen LogP contribution is 2.29. The van der Waals surface area contributed by atoms with E-state index in [0.29, 0.717) is 22.0 Å². The first-order valence-corrected chi connectivity index (χ1v) is 12.4. The fourth-order valence-electron chi connectivity index (χ4n) is 4.13. The van der Waals surface area contributed by atoms with Gasteiger partial charge in [-0.15, -0.1) is 0 Å². The molecule has 0 aromatic heterocycles. The third-order valence-electron chi connectivity index (χ3n) is 5.94. The first-order chi connectivity index (χ1) is 17.5. The van der Waals surface area contributed by atoms with Gasteiger partial charge >= 0.3 is 5.97 Å². The predicted octanol–water partition coefficient (Wildman–Crippen LogP) is 4.86. The van der Waals surface area contributed by atoms with Crippen LogP contribution in [0.4, 0.5) is 11.4 Å². The van der Waals surface area contributed by atoms with E-state index in [9.17, 15) is 9.59 Å². The standard InChI is InChI=1S/C28H30ClN3O4/c1-2-35-28(34)22-12-13-25(32-16-14-31(15-17-32)19-21-8-4-3-5-9-21)24(18-22)30-27(33)20-36-26-11-7-6-10-23(26)29/h3-13,18H,2,14-17,19-20H2,1H3,(H,30,33). The van der Waals surface area contributed by atoms with Gasteiger partial charge in [-0.05, 0) is 42.8 Å². The summed E-state index contributed by atoms with van der Waals surface area (Å²) in [4.78, 5) is 29.7. The van der Waals surface area contributed by atoms with Gasteiger partial charge in [0.1, 0.15) is 5.75 Å². The van der Waals surface area contributed by atoms with Crippen molar-refractivity contribution in [2.24, 2.45) is 0 Å². The molecular weight excluding hydrogens is 478 g/mol. The van der Waals surface area contributed by atoms with Gasteiger partial charge in [0.25, 0.3) is 5.91 Å². The highest BCUT2D eigenvalue weighted by Gasteiger charge is 2.22. The second-order valence-electron chi connectivity index (χ2n) is 8.47. The number of hydrogen-bond acceptors (Lipinski definition) is 6. The number of esters is 1. The van der Waals surface area contributed by atoms with E-state index in [0.717, 1.165) is 38.4 Å². The van der Waals surface area contributed by atoms with E-state index in [2.05, 4.69) is 39.4 Å². The summed E-state index contributed by atoms with van der Waals surface area (Å²) in [5.41, 5.74) is 3.07. The number of amides is 1. The highest BCUT2D eigenvalue weighted by atomic mass is 35.5. The van der Waals surface area contributed by atoms with E-state index in [1.165, 1.54) is 5.56 Å². The van der Waals surface area contributed by atoms with Crippen LogP contribution in [-0.4, -0.2) is 56.2 Å². The fraction of sp³-hybridized carbons (Fsp3) is 0.286. The number of ether oxygens (including phenoxy) is 2. The molecule has 1 saturated heterocycles. The average Bonchev–Trinajstić information content (AvgIpc) is 2.89. The molecule has 3 aromatic rings. The van der Waals surface area contributed by atoms with Crippen LogP contribution in [0.3, 0.4) is 0 Å². The summed E-state index contributed by atoms with van der Waals surface area (Å²) in [5.74, 6) is -0.344. The number of para-hydroxylation sites is 1. The minimum atomic E-state index is -0.431. The van der Waals surface area contributed by atoms with Crippen LogP contribution in [0.1, 0.15) is 22.8 Å². The van der Waals surface area contributed by atoms with E-state index in [1.807, 2.05) is 12.1 Å². The monoisotopic (exact) mass is 507 g/mol. The zero-order chi connectivity index (χ0) is 25.3. The normalized spacial score (nSPS) is 13.8. The number of nitrogens with zero attached hydrogens (tertiary/aromatic N) is 2. The number of carbonyl (C=O) groups is 2. The number of benzene rings is 3. The topological polar surface area (TPSA) is 71.1 Å². The van der Waals surface area contributed by atoms with Crippen molar-refractivity contribution < 1.29 is 19.1 Å². The van der Waals surface area contributed by atoms with Crippen molar-refractivity contribution in [3.63, 3.8) is 0 Å². The van der Waals surface area contributed by atoms with Crippen molar-refractivity contribution in [2.75, 3.05) is 49.6 Å². The summed E-state index contributed by atoms with van der Waals surface area (Å²) in [6.45, 7) is 6.09. The zero-order valence-electron chi connectivity index (χ0n) is 20.3. The maximum atomic E-state index is 12.8. The maximum Gasteiger partial charge on any atom is 0.338 e. The van der Waals surface area contributed by atoms with Gasteiger partial charge in [0, 0.05) is 32.7 Å². The molecule has 36 heavy (non-hydrogen) atoms. The Morgan fingerprint density at radius 3 is 2.39 bits per heavy atom. The Labute approximate surface area is 216 Å². The molecular formula is C28H30ClN3O4. The second kappa shape index (κ2) is 12.4. The Morgan fingerprint density at radius 1 is 0.944 bits per heavy atom. The van der Waals surface area contributed by atoms with Crippen LogP contribution in [0.15, 0.2) is 72.8 Å². The Hall–Kier alpha value is -3.55. The average molecular weight is 508 g/mol. The van der Waals surface area contributed by atoms with Gasteiger partial charge in [0.2, 0.25) is 0 Å². The summed E-state index contributed by atoms with van der Waals surface area (Å²) in [6, 6.07) is 22.7. The number of anilines is 2. The van der Waals surface area contributed by atoms with Crippen molar-refractivity contribution in [1.29, 1.82) is 0 Å². The van der Waals surface area contributed by atoms with Crippen LogP contribution < -0.4 is 15.0 Å². The van der Waals surface area contributed by atoms with Gasteiger partial charge in [0.05, 0.1) is 28.6 Å². The molecule has 0 saturated carbocycles. The smallest absolute Gasteiger partial charge is 0.338 e. The van der Waals surface area contributed by atoms with Gasteiger partial charge in [-0.1, -0.05) is 54.1 Å². The lowest BCUT2D eigenvalue weighted by atomic mass is 10.1. The molecule has 1 amide bonds. The van der Waals surface area contributed by atoms with Gasteiger partial charge in [-0.25, -0.2) is 4.79 Å². The largest absolute Gasteiger partial charge is 0.482 e. The number of carbonyl (C=O) groups excluding carboxylic acids is 2. The van der Waals surface area contributed by atoms with E-state index >= 15 is 0 Å². The van der Waals surface area contributed by atoms with E-state index in [4.69, 9.17) is 21.1 Å². The number of hydrogen-bond donors (Lipinski definition) is 1. The Balaban J connectivity index is 1.45. The van der Waals surface area contributed by atoms with E-state index in [1.54, 1.807) is 43.3 Å². The zero-order valence-corrected chi connectivity index (χ0v) is 21.0. The van der Waals surface area contributed by atoms with Crippen molar-refractivity contribution >= 4 is 34.9 Å². The predicted molar refractivity (Wildman–Crippen MR) is 142 cm³/mol. The van der Waals surface area contributed by atoms with Crippen LogP contribution in [-0.2, 0) is 16.1 Å². The van der Waals surface area contributed by atoms with Gasteiger partial charge in [-0.2, -0.15) is 0 Å². The molecule has 4 rings (SSSR count). The van der Waals surface area contributed by atoms with Crippen LogP contribution in [0.25, 0.3) is 0 Å². The third-order valence-corrected chi connectivity index (χ3v) is 6.25. The van der Waals surface area contributed by atoms with E-state index < -0.39 is 5.97 Å². The number of piperazine rings is 1. The number of halogens is 1. The second-order valence-corrected chi connectivity index (χ2v) is 8.88. The molecule has 0 unspecified atom stereocenters. The van der Waals surface area contributed by atoms with Crippen molar-refractivity contribution in [2.45, 2.75) is 13.5 Å². The van der Waals surface area contributed by atoms with E-state index in [-0.39, 0.29) is 19.1 Å². The van der Waals surface area contributed by atoms with Crippen molar-refractivity contribution in [1.82, 2.24) is 4.90 Å². The van der Waals surface area contributed by atoms with Crippen LogP contribution in [0.2, 0.25) is 5.02 Å². The summed E-state index contributed by atoms with van der Waals surface area (Å²) < 4.78 is 10.7. The molecule has 1 heterocycles. The molecule has 7 nitrogen and oxygen atoms in total. The lowest BCUT2D eigenvalue weighted by molar-refractivity contribution is -0.118. The van der Waals surface area contributed by atoms with Crippen molar-refractivity contribution in [3.05, 3.63) is 88.9 Å². The quantitative estimate of drug-likeness (QED) is 0.417. The summed E-state index contributed by atoms with van der Waals surface area (Å²) >= 11 is 6.12. The Kier molecular flexibility index (Phi) is 8.81. The lowest BCUT2D eigenvalue weighted by Crippen LogP contribution is -2.46. The maximum absolute atomic E-state index is 12.8. The molecule has 188 valence electrons. The molecule has 1 aliphatic rings. The molecule has 0 radical (unpaired) electrons. The van der Waals surface area contributed by atoms with Crippen LogP contribution in [0.5, 0.6) is 5.75 Å². The first-order valence-electron chi connectivity index (χ1n) is 12.0. The molecule has 3 aromatic carbocycles. The molecule has 0 spiro atoms. The van der Waals surface area contributed by atoms with Crippen LogP contribution in [0, 0.1) is 0 Å². The summed E-state index contributed by atoms with van der Waals surface area (Å²) in [6.07, 6.45) is 0. The van der Waals surface area contributed by atoms with Gasteiger partial charge < -0.3 is 19.7 Å². The fourth-order valence-corrected chi connectivity index (χ4v) is 4.32. The molecule has 1 fully saturated rings. The number of nitrogens with one attached hydrogen (secondary N) is 1. The third kappa shape index (κ3) is 6.77. The minimum Gasteiger partial charge on any atom is -0.482 e. The number of rotatable bonds is 9. The van der Waals surface area contributed by atoms with Crippen molar-refractivity contribution in [3.8, 4) is 5.75 Å². The molecule has 0 bridgehead atoms. The van der Waals surface area contributed by atoms with Gasteiger partial charge in [-0.3, -0.25) is 9.69 Å². The first kappa shape index (κ1) is 25.5. The van der Waals surface area contributed by atoms with Gasteiger partial charge in [0.15, 0.2) is 6.61 Å². The summed E-state index contributed by atoms with van der Waals surface area (Å²) in [5, 5.41) is 3.35. The minimum absolute atomic E-state index is 0.211. The Bertz CT molecular complexity index is 1180. The lowest BCUT2D eigenvalue weighted by Gasteiger charge is -2.37. The summed E-state index contributed by atoms with van der Waals surface area (Å²) in [7, 11) is 0. The molecule has 8 heteroatoms. The molecule has 0 atom stereocenters. The van der Waals surface area contributed by atoms with Crippen LogP contribution >= 0.6 is 11.6 Å². The molecule has 0 aliphatic carbocycles. The molecule has 1 aliphatic heterocycles. The molecule has 1 N–H and O–H groups in total. The SMILES string of the molecule is CCOC(=O)c1ccc(N2CCN(Cc3ccccc3)CC2)c(NC(=O)COc2ccccc2Cl)c1. The Morgan fingerprint density at radius 2 is 1.67 bits per heavy atom.